The third-order valence-electron chi connectivity index (χ3n) is 7.69. The number of carbonyl (C=O) groups is 2. The molecule has 1 aromatic carbocycles. The van der Waals surface area contributed by atoms with Crippen LogP contribution in [0.3, 0.4) is 0 Å². The summed E-state index contributed by atoms with van der Waals surface area (Å²) in [4.78, 5) is 30.5. The molecule has 8 nitrogen and oxygen atoms in total. The molecule has 2 unspecified atom stereocenters. The number of nitrogens with two attached hydrogens (primary N) is 1. The number of oxazole rings is 1. The summed E-state index contributed by atoms with van der Waals surface area (Å²) in [6.07, 6.45) is -8.90. The molecule has 0 radical (unpaired) electrons. The van der Waals surface area contributed by atoms with E-state index in [1.807, 2.05) is 0 Å². The number of halogens is 7. The van der Waals surface area contributed by atoms with E-state index in [0.717, 1.165) is 6.92 Å². The number of alkyl halides is 7. The summed E-state index contributed by atoms with van der Waals surface area (Å²) >= 11 is 0. The summed E-state index contributed by atoms with van der Waals surface area (Å²) in [5.74, 6) is -16.7. The van der Waals surface area contributed by atoms with Gasteiger partial charge >= 0.3 is 12.1 Å². The van der Waals surface area contributed by atoms with E-state index in [0.29, 0.717) is 26.3 Å². The van der Waals surface area contributed by atoms with Crippen molar-refractivity contribution in [1.82, 2.24) is 9.88 Å². The van der Waals surface area contributed by atoms with Crippen molar-refractivity contribution in [2.24, 2.45) is 17.1 Å². The van der Waals surface area contributed by atoms with Crippen molar-refractivity contribution in [3.05, 3.63) is 41.5 Å². The van der Waals surface area contributed by atoms with Crippen molar-refractivity contribution < 1.29 is 49.5 Å². The first-order valence-electron chi connectivity index (χ1n) is 12.6. The van der Waals surface area contributed by atoms with Crippen LogP contribution in [-0.2, 0) is 15.5 Å². The Bertz CT molecular complexity index is 1350. The molecule has 2 aromatic rings. The van der Waals surface area contributed by atoms with E-state index in [1.54, 1.807) is 6.07 Å². The van der Waals surface area contributed by atoms with Gasteiger partial charge in [-0.3, -0.25) is 9.59 Å². The normalized spacial score (nSPS) is 24.0. The highest BCUT2D eigenvalue weighted by Crippen LogP contribution is 2.58. The van der Waals surface area contributed by atoms with Gasteiger partial charge < -0.3 is 19.8 Å². The van der Waals surface area contributed by atoms with Gasteiger partial charge in [-0.1, -0.05) is 12.1 Å². The molecule has 222 valence electrons. The molecule has 0 bridgehead atoms. The Kier molecular flexibility index (Phi) is 7.85. The fourth-order valence-electron chi connectivity index (χ4n) is 5.41. The number of primary amides is 1. The minimum Gasteiger partial charge on any atom is -0.439 e. The molecule has 41 heavy (non-hydrogen) atoms. The van der Waals surface area contributed by atoms with Gasteiger partial charge in [-0.2, -0.15) is 27.2 Å². The summed E-state index contributed by atoms with van der Waals surface area (Å²) in [6, 6.07) is 6.72. The molecular formula is C26H25F7N4O4. The highest BCUT2D eigenvalue weighted by molar-refractivity contribution is 5.94. The van der Waals surface area contributed by atoms with E-state index in [2.05, 4.69) is 4.98 Å². The maximum Gasteiger partial charge on any atom is 0.463 e. The van der Waals surface area contributed by atoms with Crippen molar-refractivity contribution >= 4 is 11.8 Å². The van der Waals surface area contributed by atoms with Gasteiger partial charge in [-0.05, 0) is 25.5 Å². The summed E-state index contributed by atoms with van der Waals surface area (Å²) < 4.78 is 108. The minimum atomic E-state index is -6.12. The van der Waals surface area contributed by atoms with Gasteiger partial charge in [0.05, 0.1) is 30.6 Å². The maximum absolute atomic E-state index is 14.6. The predicted molar refractivity (Wildman–Crippen MR) is 127 cm³/mol. The Labute approximate surface area is 229 Å². The molecule has 15 heteroatoms. The number of morpholine rings is 1. The lowest BCUT2D eigenvalue weighted by atomic mass is 9.58. The smallest absolute Gasteiger partial charge is 0.439 e. The molecule has 3 atom stereocenters. The molecule has 1 saturated heterocycles. The van der Waals surface area contributed by atoms with Crippen LogP contribution in [0.4, 0.5) is 30.7 Å². The quantitative estimate of drug-likeness (QED) is 0.473. The second-order valence-electron chi connectivity index (χ2n) is 10.2. The maximum atomic E-state index is 14.6. The van der Waals surface area contributed by atoms with E-state index < -0.39 is 77.8 Å². The molecule has 2 amide bonds. The molecular weight excluding hydrogens is 565 g/mol. The summed E-state index contributed by atoms with van der Waals surface area (Å²) in [5, 5.41) is 9.59. The molecule has 1 aliphatic heterocycles. The van der Waals surface area contributed by atoms with Gasteiger partial charge in [0.25, 0.3) is 11.8 Å². The Balaban J connectivity index is 1.87. The largest absolute Gasteiger partial charge is 0.463 e. The monoisotopic (exact) mass is 590 g/mol. The Hall–Kier alpha value is -3.67. The van der Waals surface area contributed by atoms with E-state index >= 15 is 0 Å². The number of ether oxygens (including phenoxy) is 1. The number of hydrogen-bond acceptors (Lipinski definition) is 6. The van der Waals surface area contributed by atoms with Crippen molar-refractivity contribution in [3.63, 3.8) is 0 Å². The Morgan fingerprint density at radius 3 is 2.29 bits per heavy atom. The summed E-state index contributed by atoms with van der Waals surface area (Å²) in [5.41, 5.74) is 2.65. The SMILES string of the molecule is C[C@H](C#N)C1(C(N)=O)CC(F)(F)CCC1c1oc(C(F)(F)C(F)(F)F)nc1-c1ccc(C(=O)N2CCOCC2)cc1. The number of hydrogen-bond donors (Lipinski definition) is 1. The highest BCUT2D eigenvalue weighted by Gasteiger charge is 2.64. The van der Waals surface area contributed by atoms with Crippen molar-refractivity contribution in [3.8, 4) is 17.3 Å². The lowest BCUT2D eigenvalue weighted by Gasteiger charge is -2.45. The average molecular weight is 590 g/mol. The first-order valence-corrected chi connectivity index (χ1v) is 12.6. The van der Waals surface area contributed by atoms with Crippen molar-refractivity contribution in [1.29, 1.82) is 5.26 Å². The Morgan fingerprint density at radius 2 is 1.76 bits per heavy atom. The zero-order valence-corrected chi connectivity index (χ0v) is 21.6. The number of nitrogens with zero attached hydrogens (tertiary/aromatic N) is 3. The zero-order valence-electron chi connectivity index (χ0n) is 21.6. The topological polar surface area (TPSA) is 122 Å². The van der Waals surface area contributed by atoms with Gasteiger partial charge in [-0.15, -0.1) is 0 Å². The lowest BCUT2D eigenvalue weighted by molar-refractivity contribution is -0.297. The number of carbonyl (C=O) groups excluding carboxylic acids is 2. The van der Waals surface area contributed by atoms with Crippen molar-refractivity contribution in [2.75, 3.05) is 26.3 Å². The highest BCUT2D eigenvalue weighted by atomic mass is 19.4. The van der Waals surface area contributed by atoms with Crippen molar-refractivity contribution in [2.45, 2.75) is 50.1 Å². The first-order chi connectivity index (χ1) is 19.0. The Morgan fingerprint density at radius 1 is 1.15 bits per heavy atom. The minimum absolute atomic E-state index is 0.0909. The van der Waals surface area contributed by atoms with Crippen LogP contribution >= 0.6 is 0 Å². The second-order valence-corrected chi connectivity index (χ2v) is 10.2. The second kappa shape index (κ2) is 10.6. The van der Waals surface area contributed by atoms with Crippen LogP contribution in [0.5, 0.6) is 0 Å². The van der Waals surface area contributed by atoms with E-state index in [4.69, 9.17) is 14.9 Å². The van der Waals surface area contributed by atoms with Crippen LogP contribution in [0.15, 0.2) is 28.7 Å². The molecule has 1 aromatic heterocycles. The summed E-state index contributed by atoms with van der Waals surface area (Å²) in [7, 11) is 0. The first kappa shape index (κ1) is 30.3. The third-order valence-corrected chi connectivity index (χ3v) is 7.69. The van der Waals surface area contributed by atoms with Crippen LogP contribution < -0.4 is 5.73 Å². The molecule has 2 fully saturated rings. The fourth-order valence-corrected chi connectivity index (χ4v) is 5.41. The van der Waals surface area contributed by atoms with Gasteiger partial charge in [0.2, 0.25) is 11.8 Å². The van der Waals surface area contributed by atoms with Gasteiger partial charge in [0.15, 0.2) is 0 Å². The fraction of sp³-hybridized carbons (Fsp3) is 0.538. The van der Waals surface area contributed by atoms with Crippen LogP contribution in [0, 0.1) is 22.7 Å². The average Bonchev–Trinajstić information content (AvgIpc) is 3.37. The number of amides is 2. The standard InChI is InChI=1S/C26H25F7N4O4/c1-14(12-34)24(21(35)39)13-23(27,28)7-6-17(24)19-18(36-22(41-19)25(29,30)26(31,32)33)15-2-4-16(5-3-15)20(38)37-8-10-40-11-9-37/h2-5,14,17H,6-11,13H2,1H3,(H2,35,39)/t14-,17?,24?/m1/s1. The molecule has 0 spiro atoms. The molecule has 1 saturated carbocycles. The molecule has 2 heterocycles. The summed E-state index contributed by atoms with van der Waals surface area (Å²) in [6.45, 7) is 2.43. The van der Waals surface area contributed by atoms with E-state index in [1.165, 1.54) is 29.2 Å². The van der Waals surface area contributed by atoms with Gasteiger partial charge in [0.1, 0.15) is 11.5 Å². The number of rotatable bonds is 6. The van der Waals surface area contributed by atoms with Crippen LogP contribution in [-0.4, -0.2) is 60.1 Å². The predicted octanol–water partition coefficient (Wildman–Crippen LogP) is 5.00. The van der Waals surface area contributed by atoms with Crippen LogP contribution in [0.25, 0.3) is 11.3 Å². The molecule has 1 aliphatic carbocycles. The number of nitriles is 1. The molecule has 2 N–H and O–H groups in total. The van der Waals surface area contributed by atoms with Gasteiger partial charge in [-0.25, -0.2) is 13.8 Å². The molecule has 4 rings (SSSR count). The van der Waals surface area contributed by atoms with E-state index in [9.17, 15) is 45.6 Å². The van der Waals surface area contributed by atoms with Crippen LogP contribution in [0.1, 0.15) is 54.1 Å². The van der Waals surface area contributed by atoms with E-state index in [-0.39, 0.29) is 17.0 Å². The number of aromatic nitrogens is 1. The van der Waals surface area contributed by atoms with Gasteiger partial charge in [0, 0.05) is 43.0 Å². The zero-order chi connectivity index (χ0) is 30.4. The number of benzene rings is 1. The molecule has 2 aliphatic rings. The lowest BCUT2D eigenvalue weighted by Crippen LogP contribution is -2.52. The van der Waals surface area contributed by atoms with Crippen LogP contribution in [0.2, 0.25) is 0 Å². The third kappa shape index (κ3) is 5.37.